The molecule has 7 heteroatoms. The van der Waals surface area contributed by atoms with E-state index in [9.17, 15) is 4.79 Å². The molecule has 1 aromatic heterocycles. The third kappa shape index (κ3) is 3.30. The molecule has 0 saturated carbocycles. The minimum atomic E-state index is -0.205. The molecule has 1 amide bonds. The van der Waals surface area contributed by atoms with E-state index in [1.165, 1.54) is 6.42 Å². The summed E-state index contributed by atoms with van der Waals surface area (Å²) in [6.07, 6.45) is 5.04. The molecule has 0 aromatic carbocycles. The Morgan fingerprint density at radius 3 is 2.79 bits per heavy atom. The van der Waals surface area contributed by atoms with Crippen LogP contribution in [0.4, 0.5) is 0 Å². The van der Waals surface area contributed by atoms with Crippen molar-refractivity contribution in [1.29, 1.82) is 0 Å². The van der Waals surface area contributed by atoms with Gasteiger partial charge in [-0.2, -0.15) is 0 Å². The Morgan fingerprint density at radius 2 is 2.16 bits per heavy atom. The molecule has 0 radical (unpaired) electrons. The lowest BCUT2D eigenvalue weighted by atomic mass is 10.00. The zero-order valence-corrected chi connectivity index (χ0v) is 11.5. The van der Waals surface area contributed by atoms with Crippen LogP contribution in [-0.4, -0.2) is 44.5 Å². The molecule has 1 aliphatic rings. The summed E-state index contributed by atoms with van der Waals surface area (Å²) in [6, 6.07) is 0.707. The van der Waals surface area contributed by atoms with E-state index in [1.54, 1.807) is 10.9 Å². The van der Waals surface area contributed by atoms with Crippen LogP contribution in [0.5, 0.6) is 0 Å². The predicted molar refractivity (Wildman–Crippen MR) is 71.2 cm³/mol. The number of carbonyl (C=O) groups excluding carboxylic acids is 1. The zero-order valence-electron chi connectivity index (χ0n) is 11.5. The van der Waals surface area contributed by atoms with Gasteiger partial charge in [0.2, 0.25) is 0 Å². The number of hydrogen-bond donors (Lipinski definition) is 2. The minimum Gasteiger partial charge on any atom is -0.329 e. The van der Waals surface area contributed by atoms with Gasteiger partial charge in [-0.05, 0) is 26.7 Å². The van der Waals surface area contributed by atoms with Crippen LogP contribution >= 0.6 is 0 Å². The quantitative estimate of drug-likeness (QED) is 0.809. The lowest BCUT2D eigenvalue weighted by Gasteiger charge is -2.38. The van der Waals surface area contributed by atoms with Crippen molar-refractivity contribution in [3.63, 3.8) is 0 Å². The van der Waals surface area contributed by atoms with Crippen molar-refractivity contribution in [2.75, 3.05) is 6.54 Å². The van der Waals surface area contributed by atoms with Crippen LogP contribution in [0.15, 0.2) is 6.20 Å². The minimum absolute atomic E-state index is 0.205. The molecule has 0 spiro atoms. The van der Waals surface area contributed by atoms with Gasteiger partial charge in [-0.1, -0.05) is 11.6 Å². The molecule has 2 unspecified atom stereocenters. The summed E-state index contributed by atoms with van der Waals surface area (Å²) in [7, 11) is 0. The molecule has 3 N–H and O–H groups in total. The summed E-state index contributed by atoms with van der Waals surface area (Å²) in [5.74, 6) is -0.205. The van der Waals surface area contributed by atoms with Crippen LogP contribution in [0.3, 0.4) is 0 Å². The normalized spacial score (nSPS) is 24.4. The number of carbonyl (C=O) groups is 1. The maximum Gasteiger partial charge on any atom is 0.287 e. The van der Waals surface area contributed by atoms with Crippen molar-refractivity contribution >= 4 is 5.91 Å². The highest BCUT2D eigenvalue weighted by atomic mass is 16.2. The number of hydrazine groups is 1. The Morgan fingerprint density at radius 1 is 1.47 bits per heavy atom. The molecular weight excluding hydrogens is 244 g/mol. The van der Waals surface area contributed by atoms with Crippen molar-refractivity contribution in [3.05, 3.63) is 11.9 Å². The second-order valence-corrected chi connectivity index (χ2v) is 5.13. The lowest BCUT2D eigenvalue weighted by Crippen LogP contribution is -2.54. The second kappa shape index (κ2) is 6.12. The fourth-order valence-electron chi connectivity index (χ4n) is 2.46. The smallest absolute Gasteiger partial charge is 0.287 e. The van der Waals surface area contributed by atoms with Crippen LogP contribution in [0, 0.1) is 0 Å². The number of piperidine rings is 1. The first-order valence-electron chi connectivity index (χ1n) is 6.81. The maximum atomic E-state index is 12.1. The van der Waals surface area contributed by atoms with E-state index < -0.39 is 0 Å². The molecule has 1 aromatic rings. The van der Waals surface area contributed by atoms with Crippen molar-refractivity contribution in [3.8, 4) is 0 Å². The van der Waals surface area contributed by atoms with Crippen molar-refractivity contribution in [2.24, 2.45) is 5.73 Å². The van der Waals surface area contributed by atoms with E-state index in [-0.39, 0.29) is 5.91 Å². The number of rotatable bonds is 4. The van der Waals surface area contributed by atoms with Gasteiger partial charge < -0.3 is 5.73 Å². The van der Waals surface area contributed by atoms with Crippen molar-refractivity contribution in [1.82, 2.24) is 25.4 Å². The van der Waals surface area contributed by atoms with Gasteiger partial charge in [0.25, 0.3) is 5.91 Å². The first-order valence-corrected chi connectivity index (χ1v) is 6.81. The van der Waals surface area contributed by atoms with Crippen LogP contribution in [-0.2, 0) is 6.54 Å². The summed E-state index contributed by atoms with van der Waals surface area (Å²) in [5, 5.41) is 9.76. The SMILES string of the molecule is CC1CCCC(C)N1NC(=O)c1cn(CCN)nn1. The highest BCUT2D eigenvalue weighted by Gasteiger charge is 2.27. The van der Waals surface area contributed by atoms with Gasteiger partial charge in [0.05, 0.1) is 12.7 Å². The van der Waals surface area contributed by atoms with Crippen LogP contribution in [0.2, 0.25) is 0 Å². The highest BCUT2D eigenvalue weighted by molar-refractivity contribution is 5.91. The van der Waals surface area contributed by atoms with E-state index in [4.69, 9.17) is 5.73 Å². The van der Waals surface area contributed by atoms with Gasteiger partial charge >= 0.3 is 0 Å². The van der Waals surface area contributed by atoms with Crippen LogP contribution in [0.1, 0.15) is 43.6 Å². The molecule has 0 bridgehead atoms. The largest absolute Gasteiger partial charge is 0.329 e. The van der Waals surface area contributed by atoms with E-state index >= 15 is 0 Å². The Hall–Kier alpha value is -1.47. The number of hydrogen-bond acceptors (Lipinski definition) is 5. The summed E-state index contributed by atoms with van der Waals surface area (Å²) in [5.41, 5.74) is 8.70. The first kappa shape index (κ1) is 14.0. The summed E-state index contributed by atoms with van der Waals surface area (Å²) >= 11 is 0. The predicted octanol–water partition coefficient (Wildman–Crippen LogP) is 0.145. The molecule has 7 nitrogen and oxygen atoms in total. The molecule has 1 aliphatic heterocycles. The third-order valence-corrected chi connectivity index (χ3v) is 3.55. The van der Waals surface area contributed by atoms with E-state index in [1.807, 2.05) is 5.01 Å². The zero-order chi connectivity index (χ0) is 13.8. The number of nitrogens with one attached hydrogen (secondary N) is 1. The number of nitrogens with zero attached hydrogens (tertiary/aromatic N) is 4. The molecule has 1 saturated heterocycles. The fraction of sp³-hybridized carbons (Fsp3) is 0.750. The molecular formula is C12H22N6O. The monoisotopic (exact) mass is 266 g/mol. The molecule has 19 heavy (non-hydrogen) atoms. The Kier molecular flexibility index (Phi) is 4.49. The van der Waals surface area contributed by atoms with Crippen LogP contribution < -0.4 is 11.2 Å². The van der Waals surface area contributed by atoms with Crippen LogP contribution in [0.25, 0.3) is 0 Å². The van der Waals surface area contributed by atoms with Gasteiger partial charge in [-0.3, -0.25) is 14.9 Å². The molecule has 106 valence electrons. The van der Waals surface area contributed by atoms with Crippen molar-refractivity contribution < 1.29 is 4.79 Å². The molecule has 2 atom stereocenters. The van der Waals surface area contributed by atoms with Gasteiger partial charge in [0.1, 0.15) is 0 Å². The molecule has 2 heterocycles. The molecule has 1 fully saturated rings. The summed E-state index contributed by atoms with van der Waals surface area (Å²) < 4.78 is 1.58. The first-order chi connectivity index (χ1) is 9.11. The number of nitrogens with two attached hydrogens (primary N) is 1. The highest BCUT2D eigenvalue weighted by Crippen LogP contribution is 2.20. The van der Waals surface area contributed by atoms with Crippen molar-refractivity contribution in [2.45, 2.75) is 51.7 Å². The maximum absolute atomic E-state index is 12.1. The second-order valence-electron chi connectivity index (χ2n) is 5.13. The van der Waals surface area contributed by atoms with E-state index in [2.05, 4.69) is 29.6 Å². The molecule has 0 aliphatic carbocycles. The fourth-order valence-corrected chi connectivity index (χ4v) is 2.46. The average Bonchev–Trinajstić information content (AvgIpc) is 2.83. The van der Waals surface area contributed by atoms with Gasteiger partial charge in [0, 0.05) is 18.6 Å². The molecule has 2 rings (SSSR count). The Labute approximate surface area is 113 Å². The lowest BCUT2D eigenvalue weighted by molar-refractivity contribution is 0.0366. The summed E-state index contributed by atoms with van der Waals surface area (Å²) in [6.45, 7) is 5.30. The Bertz CT molecular complexity index is 422. The average molecular weight is 266 g/mol. The summed E-state index contributed by atoms with van der Waals surface area (Å²) in [4.78, 5) is 12.1. The Balaban J connectivity index is 1.99. The topological polar surface area (TPSA) is 89.1 Å². The van der Waals surface area contributed by atoms with E-state index in [0.717, 1.165) is 12.8 Å². The van der Waals surface area contributed by atoms with Gasteiger partial charge in [0.15, 0.2) is 5.69 Å². The number of aromatic nitrogens is 3. The third-order valence-electron chi connectivity index (χ3n) is 3.55. The standard InChI is InChI=1S/C12H22N6O/c1-9-4-3-5-10(2)18(9)15-12(19)11-8-17(7-6-13)16-14-11/h8-10H,3-7,13H2,1-2H3,(H,15,19). The van der Waals surface area contributed by atoms with Gasteiger partial charge in [-0.25, -0.2) is 5.01 Å². The van der Waals surface area contributed by atoms with Gasteiger partial charge in [-0.15, -0.1) is 5.10 Å². The van der Waals surface area contributed by atoms with E-state index in [0.29, 0.717) is 30.9 Å². The number of amides is 1.